The van der Waals surface area contributed by atoms with Crippen molar-refractivity contribution < 1.29 is 0 Å². The van der Waals surface area contributed by atoms with Crippen molar-refractivity contribution in [3.05, 3.63) is 94.3 Å². The molecule has 0 fully saturated rings. The summed E-state index contributed by atoms with van der Waals surface area (Å²) in [6, 6.07) is 17.0. The molecule has 0 unspecified atom stereocenters. The molecular weight excluding hydrogens is 312 g/mol. The highest BCUT2D eigenvalue weighted by Crippen LogP contribution is 2.14. The fourth-order valence-corrected chi connectivity index (χ4v) is 2.76. The topological polar surface area (TPSA) is 52.2 Å². The molecule has 0 saturated carbocycles. The second-order valence-corrected chi connectivity index (χ2v) is 5.73. The van der Waals surface area contributed by atoms with E-state index >= 15 is 0 Å². The van der Waals surface area contributed by atoms with Gasteiger partial charge in [0.15, 0.2) is 5.65 Å². The lowest BCUT2D eigenvalue weighted by molar-refractivity contribution is 0.763. The largest absolute Gasteiger partial charge is 0.273 e. The molecule has 4 aromatic rings. The molecule has 25 heavy (non-hydrogen) atoms. The van der Waals surface area contributed by atoms with Gasteiger partial charge in [0.25, 0.3) is 5.56 Å². The highest BCUT2D eigenvalue weighted by molar-refractivity contribution is 5.67. The summed E-state index contributed by atoms with van der Waals surface area (Å²) in [5, 5.41) is 0. The third-order valence-corrected chi connectivity index (χ3v) is 3.93. The molecule has 0 spiro atoms. The van der Waals surface area contributed by atoms with Crippen LogP contribution in [-0.4, -0.2) is 19.2 Å². The predicted octanol–water partition coefficient (Wildman–Crippen LogP) is 3.36. The Hall–Kier alpha value is -3.47. The number of pyridine rings is 1. The molecule has 5 heteroatoms. The van der Waals surface area contributed by atoms with E-state index in [1.807, 2.05) is 78.5 Å². The summed E-state index contributed by atoms with van der Waals surface area (Å²) >= 11 is 0. The molecule has 0 radical (unpaired) electrons. The standard InChI is InChI=1S/C20H16N4O/c1-15-14-23(18-8-3-2-4-9-18)24-19(25)13-17(22-20(15)24)11-10-16-7-5-6-12-21-16/h2-14H,1H3/b11-10+. The van der Waals surface area contributed by atoms with Crippen molar-refractivity contribution in [3.63, 3.8) is 0 Å². The van der Waals surface area contributed by atoms with Gasteiger partial charge in [0.2, 0.25) is 0 Å². The minimum Gasteiger partial charge on any atom is -0.267 e. The molecule has 0 saturated heterocycles. The first kappa shape index (κ1) is 15.1. The first-order chi connectivity index (χ1) is 12.2. The lowest BCUT2D eigenvalue weighted by atomic mass is 10.3. The van der Waals surface area contributed by atoms with Gasteiger partial charge in [-0.3, -0.25) is 14.5 Å². The second-order valence-electron chi connectivity index (χ2n) is 5.73. The van der Waals surface area contributed by atoms with E-state index < -0.39 is 0 Å². The fourth-order valence-electron chi connectivity index (χ4n) is 2.76. The van der Waals surface area contributed by atoms with E-state index in [9.17, 15) is 4.79 Å². The summed E-state index contributed by atoms with van der Waals surface area (Å²) < 4.78 is 3.41. The maximum absolute atomic E-state index is 12.7. The molecule has 5 nitrogen and oxygen atoms in total. The second kappa shape index (κ2) is 6.20. The number of nitrogens with zero attached hydrogens (tertiary/aromatic N) is 4. The highest BCUT2D eigenvalue weighted by Gasteiger charge is 2.10. The smallest absolute Gasteiger partial charge is 0.267 e. The molecule has 0 bridgehead atoms. The van der Waals surface area contributed by atoms with Gasteiger partial charge < -0.3 is 0 Å². The van der Waals surface area contributed by atoms with Crippen molar-refractivity contribution in [2.45, 2.75) is 6.92 Å². The van der Waals surface area contributed by atoms with Gasteiger partial charge in [-0.2, -0.15) is 4.52 Å². The molecule has 0 aliphatic carbocycles. The number of aromatic nitrogens is 4. The van der Waals surface area contributed by atoms with E-state index in [4.69, 9.17) is 0 Å². The number of hydrogen-bond acceptors (Lipinski definition) is 3. The van der Waals surface area contributed by atoms with Crippen LogP contribution in [0.3, 0.4) is 0 Å². The van der Waals surface area contributed by atoms with Gasteiger partial charge in [0.05, 0.1) is 17.1 Å². The zero-order valence-corrected chi connectivity index (χ0v) is 13.7. The zero-order valence-electron chi connectivity index (χ0n) is 13.7. The number of hydrogen-bond donors (Lipinski definition) is 0. The average Bonchev–Trinajstić information content (AvgIpc) is 2.99. The number of fused-ring (bicyclic) bond motifs is 1. The van der Waals surface area contributed by atoms with Crippen molar-refractivity contribution in [2.75, 3.05) is 0 Å². The summed E-state index contributed by atoms with van der Waals surface area (Å²) in [5.74, 6) is 0. The Balaban J connectivity index is 1.83. The van der Waals surface area contributed by atoms with E-state index in [2.05, 4.69) is 9.97 Å². The Labute approximate surface area is 144 Å². The van der Waals surface area contributed by atoms with Crippen molar-refractivity contribution >= 4 is 17.8 Å². The molecule has 0 aliphatic heterocycles. The molecule has 0 N–H and O–H groups in total. The number of aryl methyl sites for hydroxylation is 1. The van der Waals surface area contributed by atoms with Gasteiger partial charge in [0.1, 0.15) is 0 Å². The lowest BCUT2D eigenvalue weighted by Gasteiger charge is -2.06. The number of rotatable bonds is 3. The van der Waals surface area contributed by atoms with Gasteiger partial charge in [-0.1, -0.05) is 24.3 Å². The van der Waals surface area contributed by atoms with Crippen molar-refractivity contribution in [1.82, 2.24) is 19.2 Å². The third kappa shape index (κ3) is 2.87. The molecular formula is C20H16N4O. The van der Waals surface area contributed by atoms with Crippen molar-refractivity contribution in [2.24, 2.45) is 0 Å². The molecule has 122 valence electrons. The SMILES string of the molecule is Cc1cn(-c2ccccc2)n2c(=O)cc(/C=C/c3ccccn3)nc12. The Kier molecular flexibility index (Phi) is 3.74. The summed E-state index contributed by atoms with van der Waals surface area (Å²) in [6.45, 7) is 1.95. The Morgan fingerprint density at radius 3 is 2.48 bits per heavy atom. The van der Waals surface area contributed by atoms with Gasteiger partial charge in [0, 0.05) is 24.0 Å². The summed E-state index contributed by atoms with van der Waals surface area (Å²) in [4.78, 5) is 21.5. The van der Waals surface area contributed by atoms with Crippen molar-refractivity contribution in [3.8, 4) is 5.69 Å². The Morgan fingerprint density at radius 1 is 0.960 bits per heavy atom. The monoisotopic (exact) mass is 328 g/mol. The molecule has 3 heterocycles. The number of para-hydroxylation sites is 1. The van der Waals surface area contributed by atoms with Crippen LogP contribution in [0, 0.1) is 6.92 Å². The molecule has 0 aliphatic rings. The first-order valence-electron chi connectivity index (χ1n) is 7.99. The quantitative estimate of drug-likeness (QED) is 0.579. The normalized spacial score (nSPS) is 11.4. The van der Waals surface area contributed by atoms with E-state index in [0.29, 0.717) is 11.3 Å². The van der Waals surface area contributed by atoms with Crippen LogP contribution in [0.5, 0.6) is 0 Å². The van der Waals surface area contributed by atoms with Crippen LogP contribution in [0.2, 0.25) is 0 Å². The summed E-state index contributed by atoms with van der Waals surface area (Å²) in [5.41, 5.74) is 3.82. The van der Waals surface area contributed by atoms with Gasteiger partial charge in [-0.15, -0.1) is 0 Å². The van der Waals surface area contributed by atoms with Gasteiger partial charge in [-0.05, 0) is 43.3 Å². The summed E-state index contributed by atoms with van der Waals surface area (Å²) in [6.07, 6.45) is 7.31. The molecule has 1 aromatic carbocycles. The first-order valence-corrected chi connectivity index (χ1v) is 7.99. The maximum Gasteiger partial charge on any atom is 0.273 e. The minimum absolute atomic E-state index is 0.123. The fraction of sp³-hybridized carbons (Fsp3) is 0.0500. The van der Waals surface area contributed by atoms with E-state index in [-0.39, 0.29) is 5.56 Å². The van der Waals surface area contributed by atoms with E-state index in [1.165, 1.54) is 6.07 Å². The predicted molar refractivity (Wildman–Crippen MR) is 98.7 cm³/mol. The minimum atomic E-state index is -0.123. The lowest BCUT2D eigenvalue weighted by Crippen LogP contribution is -2.20. The van der Waals surface area contributed by atoms with Crippen LogP contribution in [-0.2, 0) is 0 Å². The summed E-state index contributed by atoms with van der Waals surface area (Å²) in [7, 11) is 0. The van der Waals surface area contributed by atoms with Crippen LogP contribution in [0.4, 0.5) is 0 Å². The van der Waals surface area contributed by atoms with E-state index in [0.717, 1.165) is 16.9 Å². The molecule has 4 rings (SSSR count). The molecule has 3 aromatic heterocycles. The van der Waals surface area contributed by atoms with Crippen molar-refractivity contribution in [1.29, 1.82) is 0 Å². The van der Waals surface area contributed by atoms with Crippen LogP contribution >= 0.6 is 0 Å². The highest BCUT2D eigenvalue weighted by atomic mass is 16.1. The van der Waals surface area contributed by atoms with Crippen LogP contribution < -0.4 is 5.56 Å². The average molecular weight is 328 g/mol. The number of benzene rings is 1. The van der Waals surface area contributed by atoms with Crippen LogP contribution in [0.25, 0.3) is 23.5 Å². The zero-order chi connectivity index (χ0) is 17.2. The van der Waals surface area contributed by atoms with Gasteiger partial charge >= 0.3 is 0 Å². The maximum atomic E-state index is 12.7. The van der Waals surface area contributed by atoms with Gasteiger partial charge in [-0.25, -0.2) is 4.98 Å². The van der Waals surface area contributed by atoms with Crippen LogP contribution in [0.1, 0.15) is 17.0 Å². The van der Waals surface area contributed by atoms with Crippen LogP contribution in [0.15, 0.2) is 71.8 Å². The molecule has 0 amide bonds. The third-order valence-electron chi connectivity index (χ3n) is 3.93. The molecule has 0 atom stereocenters. The Bertz CT molecular complexity index is 1110. The van der Waals surface area contributed by atoms with E-state index in [1.54, 1.807) is 10.7 Å². The Morgan fingerprint density at radius 2 is 1.72 bits per heavy atom.